The van der Waals surface area contributed by atoms with Gasteiger partial charge in [0.05, 0.1) is 25.4 Å². The summed E-state index contributed by atoms with van der Waals surface area (Å²) in [4.78, 5) is 24.6. The SMILES string of the molecule is CCCCC/C=C\C/C=C\CCCCCCCCCCCC(=O)OCCCCCCCC/C=C\CCCCCC(=O)NC(CO)C(O)/C=C/CCCCCCCCCCCCCCCCCCC. The highest BCUT2D eigenvalue weighted by molar-refractivity contribution is 5.76. The number of hydrogen-bond donors (Lipinski definition) is 3. The number of esters is 1. The van der Waals surface area contributed by atoms with Crippen LogP contribution >= 0.6 is 0 Å². The van der Waals surface area contributed by atoms with Crippen LogP contribution in [-0.2, 0) is 14.3 Å². The molecule has 0 heterocycles. The Morgan fingerprint density at radius 1 is 0.412 bits per heavy atom. The number of amides is 1. The van der Waals surface area contributed by atoms with Crippen molar-refractivity contribution in [1.82, 2.24) is 5.32 Å². The molecular formula is C62H115NO5. The van der Waals surface area contributed by atoms with Gasteiger partial charge >= 0.3 is 5.97 Å². The normalized spacial score (nSPS) is 12.9. The van der Waals surface area contributed by atoms with Gasteiger partial charge in [-0.25, -0.2) is 0 Å². The van der Waals surface area contributed by atoms with Crippen molar-refractivity contribution < 1.29 is 24.5 Å². The van der Waals surface area contributed by atoms with Gasteiger partial charge in [-0.2, -0.15) is 0 Å². The molecule has 0 aliphatic heterocycles. The largest absolute Gasteiger partial charge is 0.466 e. The zero-order chi connectivity index (χ0) is 49.3. The third-order valence-corrected chi connectivity index (χ3v) is 13.6. The maximum Gasteiger partial charge on any atom is 0.305 e. The van der Waals surface area contributed by atoms with Gasteiger partial charge in [0.1, 0.15) is 0 Å². The van der Waals surface area contributed by atoms with Gasteiger partial charge in [-0.15, -0.1) is 0 Å². The molecule has 0 aromatic rings. The van der Waals surface area contributed by atoms with Gasteiger partial charge in [0.2, 0.25) is 5.91 Å². The molecule has 0 bridgehead atoms. The van der Waals surface area contributed by atoms with Gasteiger partial charge in [0.15, 0.2) is 0 Å². The van der Waals surface area contributed by atoms with Gasteiger partial charge in [0, 0.05) is 12.8 Å². The van der Waals surface area contributed by atoms with Crippen LogP contribution in [-0.4, -0.2) is 47.4 Å². The smallest absolute Gasteiger partial charge is 0.305 e. The molecule has 2 atom stereocenters. The minimum absolute atomic E-state index is 0.0179. The van der Waals surface area contributed by atoms with Crippen molar-refractivity contribution in [3.05, 3.63) is 48.6 Å². The quantitative estimate of drug-likeness (QED) is 0.0321. The molecule has 0 saturated heterocycles. The highest BCUT2D eigenvalue weighted by Gasteiger charge is 2.18. The Morgan fingerprint density at radius 3 is 1.18 bits per heavy atom. The number of hydrogen-bond acceptors (Lipinski definition) is 5. The number of carbonyl (C=O) groups excluding carboxylic acids is 2. The van der Waals surface area contributed by atoms with Crippen LogP contribution in [0.25, 0.3) is 0 Å². The number of unbranched alkanes of at least 4 members (excludes halogenated alkanes) is 38. The molecule has 2 unspecified atom stereocenters. The van der Waals surface area contributed by atoms with E-state index in [0.717, 1.165) is 77.0 Å². The number of nitrogens with one attached hydrogen (secondary N) is 1. The highest BCUT2D eigenvalue weighted by Crippen LogP contribution is 2.16. The number of aliphatic hydroxyl groups is 2. The topological polar surface area (TPSA) is 95.9 Å². The van der Waals surface area contributed by atoms with Crippen LogP contribution < -0.4 is 5.32 Å². The number of rotatable bonds is 55. The second kappa shape index (κ2) is 57.4. The van der Waals surface area contributed by atoms with Crippen molar-refractivity contribution in [1.29, 1.82) is 0 Å². The Hall–Kier alpha value is -2.18. The van der Waals surface area contributed by atoms with Crippen LogP contribution in [0.5, 0.6) is 0 Å². The maximum atomic E-state index is 12.5. The standard InChI is InChI=1S/C62H115NO5/c1-3-5-7-9-11-13-15-17-19-21-23-25-27-30-34-38-42-46-50-54-60(65)59(58-64)63-61(66)55-51-47-43-39-35-31-29-33-37-41-45-49-53-57-68-62(67)56-52-48-44-40-36-32-28-26-24-22-20-18-16-14-12-10-8-6-4-2/h12,14,18,20,31,35,50,54,59-60,64-65H,3-11,13,15-17,19,21-30,32-34,36-49,51-53,55-58H2,1-2H3,(H,63,66)/b14-12-,20-18-,35-31-,54-50+. The van der Waals surface area contributed by atoms with E-state index in [1.165, 1.54) is 205 Å². The van der Waals surface area contributed by atoms with Crippen molar-refractivity contribution in [3.8, 4) is 0 Å². The van der Waals surface area contributed by atoms with Gasteiger partial charge in [-0.1, -0.05) is 255 Å². The zero-order valence-corrected chi connectivity index (χ0v) is 45.3. The van der Waals surface area contributed by atoms with E-state index in [1.807, 2.05) is 6.08 Å². The third-order valence-electron chi connectivity index (χ3n) is 13.6. The average molecular weight is 955 g/mol. The zero-order valence-electron chi connectivity index (χ0n) is 45.3. The molecule has 3 N–H and O–H groups in total. The molecule has 0 aromatic heterocycles. The fourth-order valence-electron chi connectivity index (χ4n) is 8.95. The second-order valence-electron chi connectivity index (χ2n) is 20.3. The van der Waals surface area contributed by atoms with E-state index < -0.39 is 12.1 Å². The molecular weight excluding hydrogens is 839 g/mol. The van der Waals surface area contributed by atoms with E-state index in [0.29, 0.717) is 19.4 Å². The predicted molar refractivity (Wildman–Crippen MR) is 296 cm³/mol. The lowest BCUT2D eigenvalue weighted by Crippen LogP contribution is -2.45. The molecule has 0 radical (unpaired) electrons. The lowest BCUT2D eigenvalue weighted by Gasteiger charge is -2.19. The Bertz CT molecular complexity index is 1150. The summed E-state index contributed by atoms with van der Waals surface area (Å²) in [5, 5.41) is 23.1. The van der Waals surface area contributed by atoms with E-state index in [-0.39, 0.29) is 18.5 Å². The fourth-order valence-corrected chi connectivity index (χ4v) is 8.95. The van der Waals surface area contributed by atoms with Crippen LogP contribution in [0.3, 0.4) is 0 Å². The molecule has 6 heteroatoms. The molecule has 0 fully saturated rings. The maximum absolute atomic E-state index is 12.5. The molecule has 0 aromatic carbocycles. The third kappa shape index (κ3) is 53.2. The molecule has 0 spiro atoms. The second-order valence-corrected chi connectivity index (χ2v) is 20.3. The number of ether oxygens (including phenoxy) is 1. The Labute approximate surface area is 423 Å². The summed E-state index contributed by atoms with van der Waals surface area (Å²) in [6.45, 7) is 4.84. The summed E-state index contributed by atoms with van der Waals surface area (Å²) in [6.07, 6.45) is 72.8. The summed E-state index contributed by atoms with van der Waals surface area (Å²) in [5.74, 6) is -0.115. The highest BCUT2D eigenvalue weighted by atomic mass is 16.5. The molecule has 0 aliphatic rings. The Balaban J connectivity index is 3.52. The monoisotopic (exact) mass is 954 g/mol. The Kier molecular flexibility index (Phi) is 55.6. The summed E-state index contributed by atoms with van der Waals surface area (Å²) in [5.41, 5.74) is 0. The summed E-state index contributed by atoms with van der Waals surface area (Å²) in [7, 11) is 0. The van der Waals surface area contributed by atoms with Crippen LogP contribution in [0.1, 0.15) is 309 Å². The minimum atomic E-state index is -0.863. The van der Waals surface area contributed by atoms with Crippen molar-refractivity contribution >= 4 is 11.9 Å². The molecule has 68 heavy (non-hydrogen) atoms. The first-order chi connectivity index (χ1) is 33.5. The lowest BCUT2D eigenvalue weighted by atomic mass is 10.0. The van der Waals surface area contributed by atoms with Gasteiger partial charge in [-0.05, 0) is 89.9 Å². The van der Waals surface area contributed by atoms with Crippen molar-refractivity contribution in [2.45, 2.75) is 321 Å². The van der Waals surface area contributed by atoms with E-state index in [2.05, 4.69) is 55.6 Å². The molecule has 0 aliphatic carbocycles. The van der Waals surface area contributed by atoms with E-state index >= 15 is 0 Å². The molecule has 1 amide bonds. The first-order valence-electron chi connectivity index (χ1n) is 29.9. The fraction of sp³-hybridized carbons (Fsp3) is 0.839. The van der Waals surface area contributed by atoms with E-state index in [1.54, 1.807) is 6.08 Å². The van der Waals surface area contributed by atoms with Gasteiger partial charge < -0.3 is 20.3 Å². The lowest BCUT2D eigenvalue weighted by molar-refractivity contribution is -0.143. The van der Waals surface area contributed by atoms with Crippen molar-refractivity contribution in [2.75, 3.05) is 13.2 Å². The molecule has 398 valence electrons. The molecule has 0 rings (SSSR count). The van der Waals surface area contributed by atoms with E-state index in [9.17, 15) is 19.8 Å². The number of allylic oxidation sites excluding steroid dienone is 7. The predicted octanol–water partition coefficient (Wildman–Crippen LogP) is 18.6. The Morgan fingerprint density at radius 2 is 0.735 bits per heavy atom. The van der Waals surface area contributed by atoms with E-state index in [4.69, 9.17) is 4.74 Å². The summed E-state index contributed by atoms with van der Waals surface area (Å²) < 4.78 is 5.48. The average Bonchev–Trinajstić information content (AvgIpc) is 3.34. The summed E-state index contributed by atoms with van der Waals surface area (Å²) >= 11 is 0. The molecule has 0 saturated carbocycles. The minimum Gasteiger partial charge on any atom is -0.466 e. The first-order valence-corrected chi connectivity index (χ1v) is 29.9. The number of carbonyl (C=O) groups is 2. The van der Waals surface area contributed by atoms with Gasteiger partial charge in [0.25, 0.3) is 0 Å². The molecule has 6 nitrogen and oxygen atoms in total. The van der Waals surface area contributed by atoms with Crippen LogP contribution in [0.4, 0.5) is 0 Å². The van der Waals surface area contributed by atoms with Crippen molar-refractivity contribution in [2.24, 2.45) is 0 Å². The van der Waals surface area contributed by atoms with Crippen LogP contribution in [0.15, 0.2) is 48.6 Å². The van der Waals surface area contributed by atoms with Gasteiger partial charge in [-0.3, -0.25) is 9.59 Å². The van der Waals surface area contributed by atoms with Crippen molar-refractivity contribution in [3.63, 3.8) is 0 Å². The van der Waals surface area contributed by atoms with Crippen LogP contribution in [0, 0.1) is 0 Å². The summed E-state index contributed by atoms with van der Waals surface area (Å²) in [6, 6.07) is -0.650. The first kappa shape index (κ1) is 65.8. The number of aliphatic hydroxyl groups excluding tert-OH is 2. The van der Waals surface area contributed by atoms with Crippen LogP contribution in [0.2, 0.25) is 0 Å².